The molecule has 1 aliphatic rings. The van der Waals surface area contributed by atoms with Crippen molar-refractivity contribution < 1.29 is 4.74 Å². The van der Waals surface area contributed by atoms with Crippen LogP contribution >= 0.6 is 11.3 Å². The lowest BCUT2D eigenvalue weighted by Gasteiger charge is -2.22. The molecule has 0 aliphatic heterocycles. The van der Waals surface area contributed by atoms with Gasteiger partial charge < -0.3 is 10.5 Å². The molecule has 0 unspecified atom stereocenters. The lowest BCUT2D eigenvalue weighted by atomic mass is 9.97. The zero-order valence-electron chi connectivity index (χ0n) is 11.5. The fraction of sp³-hybridized carbons (Fsp3) is 0.438. The Morgan fingerprint density at radius 1 is 1.20 bits per heavy atom. The zero-order valence-corrected chi connectivity index (χ0v) is 12.4. The summed E-state index contributed by atoms with van der Waals surface area (Å²) in [5.74, 6) is 0. The van der Waals surface area contributed by atoms with Gasteiger partial charge in [-0.25, -0.2) is 4.98 Å². The van der Waals surface area contributed by atoms with E-state index in [1.807, 2.05) is 6.20 Å². The Balaban J connectivity index is 1.72. The lowest BCUT2D eigenvalue weighted by Crippen LogP contribution is -2.16. The largest absolute Gasteiger partial charge is 0.375 e. The Hall–Kier alpha value is -1.39. The van der Waals surface area contributed by atoms with Crippen molar-refractivity contribution in [1.29, 1.82) is 0 Å². The van der Waals surface area contributed by atoms with Gasteiger partial charge in [0.1, 0.15) is 0 Å². The summed E-state index contributed by atoms with van der Waals surface area (Å²) in [5.41, 5.74) is 8.15. The van der Waals surface area contributed by atoms with Gasteiger partial charge in [-0.2, -0.15) is 0 Å². The predicted molar refractivity (Wildman–Crippen MR) is 83.6 cm³/mol. The number of hydrogen-bond donors (Lipinski definition) is 1. The summed E-state index contributed by atoms with van der Waals surface area (Å²) in [4.78, 5) is 5.26. The number of aromatic nitrogens is 1. The normalized spacial score (nSPS) is 16.4. The van der Waals surface area contributed by atoms with E-state index >= 15 is 0 Å². The maximum absolute atomic E-state index is 6.09. The first-order valence-electron chi connectivity index (χ1n) is 7.24. The molecule has 3 rings (SSSR count). The number of nitrogens with two attached hydrogens (primary N) is 1. The second-order valence-corrected chi connectivity index (χ2v) is 6.35. The van der Waals surface area contributed by atoms with Crippen LogP contribution in [0.3, 0.4) is 0 Å². The van der Waals surface area contributed by atoms with Crippen LogP contribution in [0.4, 0.5) is 5.13 Å². The number of nitrogens with zero attached hydrogens (tertiary/aromatic N) is 1. The molecule has 1 saturated carbocycles. The Kier molecular flexibility index (Phi) is 4.33. The van der Waals surface area contributed by atoms with Crippen LogP contribution in [0.5, 0.6) is 0 Å². The van der Waals surface area contributed by atoms with E-state index in [9.17, 15) is 0 Å². The second kappa shape index (κ2) is 6.37. The van der Waals surface area contributed by atoms with Gasteiger partial charge >= 0.3 is 0 Å². The minimum absolute atomic E-state index is 0.434. The van der Waals surface area contributed by atoms with Gasteiger partial charge in [0, 0.05) is 6.20 Å². The van der Waals surface area contributed by atoms with E-state index < -0.39 is 0 Å². The first-order valence-corrected chi connectivity index (χ1v) is 8.06. The van der Waals surface area contributed by atoms with Gasteiger partial charge in [-0.15, -0.1) is 0 Å². The summed E-state index contributed by atoms with van der Waals surface area (Å²) < 4.78 is 6.09. The summed E-state index contributed by atoms with van der Waals surface area (Å²) in [6, 6.07) is 8.36. The molecule has 1 aliphatic carbocycles. The van der Waals surface area contributed by atoms with Crippen LogP contribution in [0.1, 0.15) is 37.7 Å². The summed E-state index contributed by atoms with van der Waals surface area (Å²) in [6.45, 7) is 0.679. The summed E-state index contributed by atoms with van der Waals surface area (Å²) >= 11 is 1.53. The minimum Gasteiger partial charge on any atom is -0.375 e. The number of hydrogen-bond acceptors (Lipinski definition) is 4. The average molecular weight is 288 g/mol. The van der Waals surface area contributed by atoms with Crippen LogP contribution in [0, 0.1) is 0 Å². The molecule has 0 bridgehead atoms. The maximum atomic E-state index is 6.09. The molecule has 0 atom stereocenters. The van der Waals surface area contributed by atoms with Crippen LogP contribution in [-0.2, 0) is 11.3 Å². The topological polar surface area (TPSA) is 48.1 Å². The van der Waals surface area contributed by atoms with Crippen LogP contribution in [-0.4, -0.2) is 11.1 Å². The van der Waals surface area contributed by atoms with Crippen molar-refractivity contribution >= 4 is 16.5 Å². The maximum Gasteiger partial charge on any atom is 0.180 e. The molecule has 1 aromatic carbocycles. The van der Waals surface area contributed by atoms with Gasteiger partial charge in [-0.05, 0) is 24.0 Å². The molecule has 20 heavy (non-hydrogen) atoms. The second-order valence-electron chi connectivity index (χ2n) is 5.29. The monoisotopic (exact) mass is 288 g/mol. The highest BCUT2D eigenvalue weighted by Crippen LogP contribution is 2.31. The molecular formula is C16H20N2OS. The van der Waals surface area contributed by atoms with Crippen LogP contribution < -0.4 is 5.73 Å². The van der Waals surface area contributed by atoms with Gasteiger partial charge in [0.25, 0.3) is 0 Å². The molecule has 1 aromatic heterocycles. The molecule has 1 fully saturated rings. The van der Waals surface area contributed by atoms with Crippen molar-refractivity contribution in [2.75, 3.05) is 5.73 Å². The molecule has 2 N–H and O–H groups in total. The van der Waals surface area contributed by atoms with Crippen molar-refractivity contribution in [3.05, 3.63) is 36.0 Å². The van der Waals surface area contributed by atoms with Gasteiger partial charge in [0.15, 0.2) is 5.13 Å². The highest BCUT2D eigenvalue weighted by atomic mass is 32.1. The van der Waals surface area contributed by atoms with E-state index in [1.165, 1.54) is 54.6 Å². The summed E-state index contributed by atoms with van der Waals surface area (Å²) in [6.07, 6.45) is 8.65. The third-order valence-corrected chi connectivity index (χ3v) is 4.69. The lowest BCUT2D eigenvalue weighted by molar-refractivity contribution is 0.0171. The molecule has 3 nitrogen and oxygen atoms in total. The molecule has 4 heteroatoms. The van der Waals surface area contributed by atoms with Crippen molar-refractivity contribution in [3.63, 3.8) is 0 Å². The van der Waals surface area contributed by atoms with E-state index in [0.717, 1.165) is 4.88 Å². The first kappa shape index (κ1) is 13.6. The third kappa shape index (κ3) is 3.19. The molecule has 2 aromatic rings. The molecule has 106 valence electrons. The molecular weight excluding hydrogens is 268 g/mol. The zero-order chi connectivity index (χ0) is 13.8. The molecule has 0 spiro atoms. The number of benzene rings is 1. The first-order chi connectivity index (χ1) is 9.83. The van der Waals surface area contributed by atoms with Gasteiger partial charge in [0.05, 0.1) is 17.6 Å². The van der Waals surface area contributed by atoms with E-state index in [4.69, 9.17) is 10.5 Å². The van der Waals surface area contributed by atoms with Crippen molar-refractivity contribution in [2.45, 2.75) is 44.8 Å². The SMILES string of the molecule is Nc1ncc(-c2ccccc2COC2CCCCC2)s1. The Morgan fingerprint density at radius 2 is 2.00 bits per heavy atom. The van der Waals surface area contributed by atoms with Crippen LogP contribution in [0.15, 0.2) is 30.5 Å². The fourth-order valence-electron chi connectivity index (χ4n) is 2.74. The van der Waals surface area contributed by atoms with Crippen molar-refractivity contribution in [3.8, 4) is 10.4 Å². The molecule has 0 saturated heterocycles. The van der Waals surface area contributed by atoms with E-state index in [2.05, 4.69) is 29.2 Å². The van der Waals surface area contributed by atoms with Gasteiger partial charge in [-0.3, -0.25) is 0 Å². The van der Waals surface area contributed by atoms with Crippen LogP contribution in [0.2, 0.25) is 0 Å². The predicted octanol–water partition coefficient (Wildman–Crippen LogP) is 4.24. The summed E-state index contributed by atoms with van der Waals surface area (Å²) in [5, 5.41) is 0.614. The van der Waals surface area contributed by atoms with Gasteiger partial charge in [0.2, 0.25) is 0 Å². The minimum atomic E-state index is 0.434. The standard InChI is InChI=1S/C16H20N2OS/c17-16-18-10-15(20-16)14-9-5-4-6-12(14)11-19-13-7-2-1-3-8-13/h4-6,9-10,13H,1-3,7-8,11H2,(H2,17,18). The quantitative estimate of drug-likeness (QED) is 0.915. The molecule has 1 heterocycles. The van der Waals surface area contributed by atoms with Crippen LogP contribution in [0.25, 0.3) is 10.4 Å². The number of rotatable bonds is 4. The third-order valence-electron chi connectivity index (χ3n) is 3.83. The highest BCUT2D eigenvalue weighted by Gasteiger charge is 2.15. The number of nitrogen functional groups attached to an aromatic ring is 1. The number of thiazole rings is 1. The Morgan fingerprint density at radius 3 is 2.75 bits per heavy atom. The Bertz CT molecular complexity index is 561. The van der Waals surface area contributed by atoms with Crippen molar-refractivity contribution in [2.24, 2.45) is 0 Å². The van der Waals surface area contributed by atoms with Gasteiger partial charge in [-0.1, -0.05) is 54.9 Å². The van der Waals surface area contributed by atoms with E-state index in [1.54, 1.807) is 0 Å². The van der Waals surface area contributed by atoms with E-state index in [-0.39, 0.29) is 0 Å². The average Bonchev–Trinajstić information content (AvgIpc) is 2.93. The molecule has 0 radical (unpaired) electrons. The van der Waals surface area contributed by atoms with Crippen molar-refractivity contribution in [1.82, 2.24) is 4.98 Å². The fourth-order valence-corrected chi connectivity index (χ4v) is 3.48. The highest BCUT2D eigenvalue weighted by molar-refractivity contribution is 7.18. The number of ether oxygens (including phenoxy) is 1. The Labute approximate surface area is 123 Å². The molecule has 0 amide bonds. The smallest absolute Gasteiger partial charge is 0.180 e. The number of anilines is 1. The summed E-state index contributed by atoms with van der Waals surface area (Å²) in [7, 11) is 0. The van der Waals surface area contributed by atoms with E-state index in [0.29, 0.717) is 17.8 Å².